The fourth-order valence-corrected chi connectivity index (χ4v) is 2.44. The summed E-state index contributed by atoms with van der Waals surface area (Å²) >= 11 is 0. The summed E-state index contributed by atoms with van der Waals surface area (Å²) in [4.78, 5) is 21.1. The Morgan fingerprint density at radius 2 is 1.80 bits per heavy atom. The number of nitrogens with zero attached hydrogens (tertiary/aromatic N) is 2. The smallest absolute Gasteiger partial charge is 0.193 e. The Hall–Kier alpha value is -2.55. The van der Waals surface area contributed by atoms with Crippen LogP contribution in [0.25, 0.3) is 10.8 Å². The summed E-state index contributed by atoms with van der Waals surface area (Å²) in [6.45, 7) is 3.80. The van der Waals surface area contributed by atoms with Crippen LogP contribution in [0.15, 0.2) is 48.8 Å². The van der Waals surface area contributed by atoms with E-state index in [4.69, 9.17) is 0 Å². The minimum Gasteiger partial charge on any atom is -0.289 e. The van der Waals surface area contributed by atoms with E-state index in [1.807, 2.05) is 50.2 Å². The third-order valence-electron chi connectivity index (χ3n) is 3.27. The molecule has 0 N–H and O–H groups in total. The number of carbonyl (C=O) groups is 1. The van der Waals surface area contributed by atoms with E-state index in [1.165, 1.54) is 0 Å². The fourth-order valence-electron chi connectivity index (χ4n) is 2.44. The normalized spacial score (nSPS) is 10.7. The largest absolute Gasteiger partial charge is 0.289 e. The summed E-state index contributed by atoms with van der Waals surface area (Å²) in [7, 11) is 0. The molecule has 0 radical (unpaired) electrons. The van der Waals surface area contributed by atoms with Crippen molar-refractivity contribution in [3.8, 4) is 0 Å². The highest BCUT2D eigenvalue weighted by Gasteiger charge is 2.13. The van der Waals surface area contributed by atoms with Crippen LogP contribution in [0.1, 0.15) is 27.3 Å². The van der Waals surface area contributed by atoms with Gasteiger partial charge in [-0.25, -0.2) is 0 Å². The van der Waals surface area contributed by atoms with Gasteiger partial charge in [0.25, 0.3) is 0 Å². The molecule has 0 spiro atoms. The van der Waals surface area contributed by atoms with Gasteiger partial charge in [0.1, 0.15) is 0 Å². The molecule has 20 heavy (non-hydrogen) atoms. The molecule has 0 atom stereocenters. The van der Waals surface area contributed by atoms with Crippen molar-refractivity contribution in [2.24, 2.45) is 0 Å². The number of ketones is 1. The maximum absolute atomic E-state index is 12.7. The monoisotopic (exact) mass is 262 g/mol. The number of rotatable bonds is 2. The molecule has 0 amide bonds. The van der Waals surface area contributed by atoms with Crippen LogP contribution in [0.2, 0.25) is 0 Å². The molecular weight excluding hydrogens is 248 g/mol. The summed E-state index contributed by atoms with van der Waals surface area (Å²) in [5.41, 5.74) is 3.10. The number of pyridine rings is 2. The van der Waals surface area contributed by atoms with Crippen LogP contribution in [0.4, 0.5) is 0 Å². The highest BCUT2D eigenvalue weighted by atomic mass is 16.1. The summed E-state index contributed by atoms with van der Waals surface area (Å²) in [6.07, 6.45) is 3.48. The van der Waals surface area contributed by atoms with Gasteiger partial charge in [0.15, 0.2) is 5.78 Å². The molecule has 3 heteroatoms. The standard InChI is InChI=1S/C17H14N2O/c1-11-8-14(9-12(2)19-11)17(20)16-5-3-4-13-10-18-7-6-15(13)16/h3-10H,1-2H3. The van der Waals surface area contributed by atoms with E-state index in [-0.39, 0.29) is 5.78 Å². The number of aryl methyl sites for hydroxylation is 2. The van der Waals surface area contributed by atoms with Crippen molar-refractivity contribution < 1.29 is 4.79 Å². The van der Waals surface area contributed by atoms with Crippen LogP contribution >= 0.6 is 0 Å². The summed E-state index contributed by atoms with van der Waals surface area (Å²) in [5.74, 6) is 0.0235. The van der Waals surface area contributed by atoms with Gasteiger partial charge in [-0.3, -0.25) is 14.8 Å². The lowest BCUT2D eigenvalue weighted by molar-refractivity contribution is 0.104. The molecule has 98 valence electrons. The highest BCUT2D eigenvalue weighted by Crippen LogP contribution is 2.21. The van der Waals surface area contributed by atoms with Crippen LogP contribution in [-0.4, -0.2) is 15.8 Å². The third kappa shape index (κ3) is 2.18. The van der Waals surface area contributed by atoms with Crippen molar-refractivity contribution in [1.82, 2.24) is 9.97 Å². The minimum atomic E-state index is 0.0235. The molecule has 0 unspecified atom stereocenters. The van der Waals surface area contributed by atoms with Crippen molar-refractivity contribution in [3.05, 3.63) is 71.3 Å². The van der Waals surface area contributed by atoms with E-state index in [0.717, 1.165) is 22.2 Å². The second kappa shape index (κ2) is 4.85. The topological polar surface area (TPSA) is 42.9 Å². The molecule has 0 fully saturated rings. The zero-order chi connectivity index (χ0) is 14.1. The number of carbonyl (C=O) groups excluding carboxylic acids is 1. The molecule has 2 heterocycles. The first-order valence-corrected chi connectivity index (χ1v) is 6.48. The summed E-state index contributed by atoms with van der Waals surface area (Å²) in [5, 5.41) is 1.90. The molecular formula is C17H14N2O. The molecule has 1 aromatic carbocycles. The van der Waals surface area contributed by atoms with Gasteiger partial charge in [-0.2, -0.15) is 0 Å². The van der Waals surface area contributed by atoms with Gasteiger partial charge in [-0.15, -0.1) is 0 Å². The quantitative estimate of drug-likeness (QED) is 0.664. The number of benzene rings is 1. The number of hydrogen-bond acceptors (Lipinski definition) is 3. The number of aromatic nitrogens is 2. The van der Waals surface area contributed by atoms with E-state index in [9.17, 15) is 4.79 Å². The van der Waals surface area contributed by atoms with Crippen LogP contribution in [-0.2, 0) is 0 Å². The van der Waals surface area contributed by atoms with Crippen LogP contribution in [0.3, 0.4) is 0 Å². The van der Waals surface area contributed by atoms with E-state index >= 15 is 0 Å². The maximum atomic E-state index is 12.7. The molecule has 0 bridgehead atoms. The van der Waals surface area contributed by atoms with E-state index < -0.39 is 0 Å². The average molecular weight is 262 g/mol. The zero-order valence-corrected chi connectivity index (χ0v) is 11.4. The Bertz CT molecular complexity index is 783. The SMILES string of the molecule is Cc1cc(C(=O)c2cccc3cnccc23)cc(C)n1. The second-order valence-corrected chi connectivity index (χ2v) is 4.87. The lowest BCUT2D eigenvalue weighted by Gasteiger charge is -2.07. The Balaban J connectivity index is 2.17. The van der Waals surface area contributed by atoms with Gasteiger partial charge in [-0.1, -0.05) is 18.2 Å². The van der Waals surface area contributed by atoms with Gasteiger partial charge in [-0.05, 0) is 37.4 Å². The Morgan fingerprint density at radius 1 is 1.05 bits per heavy atom. The molecule has 3 aromatic rings. The zero-order valence-electron chi connectivity index (χ0n) is 11.4. The first-order chi connectivity index (χ1) is 9.65. The fraction of sp³-hybridized carbons (Fsp3) is 0.118. The first-order valence-electron chi connectivity index (χ1n) is 6.48. The number of fused-ring (bicyclic) bond motifs is 1. The average Bonchev–Trinajstić information content (AvgIpc) is 2.45. The molecule has 3 nitrogen and oxygen atoms in total. The van der Waals surface area contributed by atoms with Crippen LogP contribution in [0, 0.1) is 13.8 Å². The second-order valence-electron chi connectivity index (χ2n) is 4.87. The molecule has 2 aromatic heterocycles. The van der Waals surface area contributed by atoms with Crippen molar-refractivity contribution in [3.63, 3.8) is 0 Å². The van der Waals surface area contributed by atoms with Crippen molar-refractivity contribution in [1.29, 1.82) is 0 Å². The molecule has 0 aliphatic carbocycles. The minimum absolute atomic E-state index is 0.0235. The van der Waals surface area contributed by atoms with E-state index in [1.54, 1.807) is 12.4 Å². The Labute approximate surface area is 117 Å². The predicted octanol–water partition coefficient (Wildman–Crippen LogP) is 3.48. The molecule has 3 rings (SSSR count). The molecule has 0 saturated carbocycles. The lowest BCUT2D eigenvalue weighted by Crippen LogP contribution is -2.04. The van der Waals surface area contributed by atoms with Gasteiger partial charge >= 0.3 is 0 Å². The first kappa shape index (κ1) is 12.5. The van der Waals surface area contributed by atoms with Gasteiger partial charge in [0, 0.05) is 40.3 Å². The van der Waals surface area contributed by atoms with Crippen LogP contribution < -0.4 is 0 Å². The predicted molar refractivity (Wildman–Crippen MR) is 78.9 cm³/mol. The van der Waals surface area contributed by atoms with Crippen molar-refractivity contribution in [2.75, 3.05) is 0 Å². The summed E-state index contributed by atoms with van der Waals surface area (Å²) in [6, 6.07) is 11.2. The van der Waals surface area contributed by atoms with Crippen molar-refractivity contribution >= 4 is 16.6 Å². The Kier molecular flexibility index (Phi) is 3.03. The lowest BCUT2D eigenvalue weighted by atomic mass is 9.98. The van der Waals surface area contributed by atoms with E-state index in [0.29, 0.717) is 11.1 Å². The Morgan fingerprint density at radius 3 is 2.55 bits per heavy atom. The van der Waals surface area contributed by atoms with Gasteiger partial charge in [0.05, 0.1) is 0 Å². The van der Waals surface area contributed by atoms with Crippen molar-refractivity contribution in [2.45, 2.75) is 13.8 Å². The van der Waals surface area contributed by atoms with Gasteiger partial charge < -0.3 is 0 Å². The van der Waals surface area contributed by atoms with E-state index in [2.05, 4.69) is 9.97 Å². The molecule has 0 aliphatic heterocycles. The highest BCUT2D eigenvalue weighted by molar-refractivity contribution is 6.16. The van der Waals surface area contributed by atoms with Crippen LogP contribution in [0.5, 0.6) is 0 Å². The molecule has 0 saturated heterocycles. The maximum Gasteiger partial charge on any atom is 0.193 e. The number of hydrogen-bond donors (Lipinski definition) is 0. The summed E-state index contributed by atoms with van der Waals surface area (Å²) < 4.78 is 0. The molecule has 0 aliphatic rings. The van der Waals surface area contributed by atoms with Gasteiger partial charge in [0.2, 0.25) is 0 Å². The third-order valence-corrected chi connectivity index (χ3v) is 3.27.